The van der Waals surface area contributed by atoms with Gasteiger partial charge in [-0.05, 0) is 23.1 Å². The van der Waals surface area contributed by atoms with Crippen LogP contribution in [0.3, 0.4) is 0 Å². The van der Waals surface area contributed by atoms with Gasteiger partial charge < -0.3 is 10.1 Å². The number of allylic oxidation sites excluding steroid dienone is 2. The molecule has 34 heavy (non-hydrogen) atoms. The zero-order valence-electron chi connectivity index (χ0n) is 19.4. The Bertz CT molecular complexity index is 1370. The highest BCUT2D eigenvalue weighted by atomic mass is 32.2. The lowest BCUT2D eigenvalue weighted by molar-refractivity contribution is 0.420. The summed E-state index contributed by atoms with van der Waals surface area (Å²) in [6, 6.07) is 17.9. The monoisotopic (exact) mass is 470 g/mol. The second-order valence-electron chi connectivity index (χ2n) is 8.86. The van der Waals surface area contributed by atoms with Gasteiger partial charge in [0.15, 0.2) is 16.8 Å². The van der Waals surface area contributed by atoms with Crippen molar-refractivity contribution < 1.29 is 5.11 Å². The maximum atomic E-state index is 10.7. The lowest BCUT2D eigenvalue weighted by Crippen LogP contribution is -2.10. The molecule has 0 saturated heterocycles. The highest BCUT2D eigenvalue weighted by Gasteiger charge is 2.18. The van der Waals surface area contributed by atoms with E-state index in [2.05, 4.69) is 65.7 Å². The highest BCUT2D eigenvalue weighted by molar-refractivity contribution is 7.99. The number of aliphatic hydroxyl groups excluding tert-OH is 1. The molecule has 2 heterocycles. The van der Waals surface area contributed by atoms with Gasteiger partial charge in [0.2, 0.25) is 0 Å². The summed E-state index contributed by atoms with van der Waals surface area (Å²) in [5.74, 6) is 1.15. The Morgan fingerprint density at radius 2 is 1.91 bits per heavy atom. The molecule has 0 saturated carbocycles. The molecule has 4 aromatic rings. The summed E-state index contributed by atoms with van der Waals surface area (Å²) in [7, 11) is 0. The van der Waals surface area contributed by atoms with Crippen LogP contribution in [0.5, 0.6) is 0 Å². The molecule has 0 aliphatic heterocycles. The number of imidazole rings is 1. The Morgan fingerprint density at radius 3 is 2.56 bits per heavy atom. The average molecular weight is 471 g/mol. The number of hydrogen-bond acceptors (Lipinski definition) is 6. The maximum Gasteiger partial charge on any atom is 0.192 e. The Balaban J connectivity index is 1.59. The van der Waals surface area contributed by atoms with Gasteiger partial charge in [0.05, 0.1) is 16.8 Å². The Morgan fingerprint density at radius 1 is 1.18 bits per heavy atom. The molecule has 2 N–H and O–H groups in total. The summed E-state index contributed by atoms with van der Waals surface area (Å²) in [5, 5.41) is 29.7. The van der Waals surface area contributed by atoms with E-state index in [1.807, 2.05) is 41.0 Å². The third kappa shape index (κ3) is 4.75. The summed E-state index contributed by atoms with van der Waals surface area (Å²) in [6.45, 7) is 10.9. The number of thioether (sulfide) groups is 1. The van der Waals surface area contributed by atoms with Gasteiger partial charge in [-0.1, -0.05) is 75.0 Å². The van der Waals surface area contributed by atoms with E-state index in [1.54, 1.807) is 6.08 Å². The van der Waals surface area contributed by atoms with Crippen molar-refractivity contribution >= 4 is 28.4 Å². The molecule has 0 radical (unpaired) electrons. The fourth-order valence-electron chi connectivity index (χ4n) is 3.55. The van der Waals surface area contributed by atoms with Crippen LogP contribution in [-0.4, -0.2) is 35.6 Å². The largest absolute Gasteiger partial charge is 0.510 e. The van der Waals surface area contributed by atoms with Gasteiger partial charge in [-0.2, -0.15) is 5.26 Å². The van der Waals surface area contributed by atoms with Crippen LogP contribution in [0, 0.1) is 11.3 Å². The molecule has 0 bridgehead atoms. The Hall–Kier alpha value is -3.83. The molecule has 0 atom stereocenters. The second-order valence-corrected chi connectivity index (χ2v) is 9.80. The van der Waals surface area contributed by atoms with Crippen LogP contribution >= 0.6 is 11.8 Å². The first-order chi connectivity index (χ1) is 16.3. The fraction of sp³-hybridized carbons (Fsp3) is 0.231. The van der Waals surface area contributed by atoms with E-state index < -0.39 is 0 Å². The molecule has 2 aromatic carbocycles. The number of nitrogens with one attached hydrogen (secondary N) is 1. The number of para-hydroxylation sites is 2. The Labute approximate surface area is 202 Å². The first kappa shape index (κ1) is 23.3. The van der Waals surface area contributed by atoms with Gasteiger partial charge in [-0.25, -0.2) is 4.98 Å². The van der Waals surface area contributed by atoms with E-state index in [1.165, 1.54) is 17.3 Å². The van der Waals surface area contributed by atoms with Gasteiger partial charge >= 0.3 is 0 Å². The molecular weight excluding hydrogens is 444 g/mol. The van der Waals surface area contributed by atoms with E-state index in [-0.39, 0.29) is 22.5 Å². The van der Waals surface area contributed by atoms with E-state index >= 15 is 0 Å². The van der Waals surface area contributed by atoms with Crippen LogP contribution in [0.4, 0.5) is 0 Å². The predicted molar refractivity (Wildman–Crippen MR) is 136 cm³/mol. The van der Waals surface area contributed by atoms with Crippen LogP contribution in [0.25, 0.3) is 28.0 Å². The molecule has 0 amide bonds. The van der Waals surface area contributed by atoms with Crippen molar-refractivity contribution in [2.75, 3.05) is 5.75 Å². The van der Waals surface area contributed by atoms with Gasteiger partial charge in [0.25, 0.3) is 0 Å². The van der Waals surface area contributed by atoms with Gasteiger partial charge in [-0.3, -0.25) is 4.57 Å². The van der Waals surface area contributed by atoms with E-state index in [4.69, 9.17) is 0 Å². The van der Waals surface area contributed by atoms with Crippen LogP contribution in [0.15, 0.2) is 72.1 Å². The SMILES string of the molecule is C=CCn1c(SCC(O)=C(C#N)c2nc3ccccc3[nH]2)nnc1-c1ccc(C(C)(C)C)cc1. The van der Waals surface area contributed by atoms with Crippen molar-refractivity contribution in [3.8, 4) is 17.5 Å². The van der Waals surface area contributed by atoms with E-state index in [9.17, 15) is 10.4 Å². The van der Waals surface area contributed by atoms with Crippen molar-refractivity contribution in [2.24, 2.45) is 0 Å². The molecule has 172 valence electrons. The molecule has 0 spiro atoms. The number of benzene rings is 2. The van der Waals surface area contributed by atoms with Crippen LogP contribution < -0.4 is 0 Å². The van der Waals surface area contributed by atoms with E-state index in [0.717, 1.165) is 22.4 Å². The molecule has 0 fully saturated rings. The third-order valence-electron chi connectivity index (χ3n) is 5.40. The molecule has 0 aliphatic carbocycles. The minimum Gasteiger partial charge on any atom is -0.510 e. The zero-order chi connectivity index (χ0) is 24.3. The molecular formula is C26H26N6OS. The first-order valence-corrected chi connectivity index (χ1v) is 11.9. The van der Waals surface area contributed by atoms with Gasteiger partial charge in [0.1, 0.15) is 17.4 Å². The summed E-state index contributed by atoms with van der Waals surface area (Å²) >= 11 is 1.30. The number of aromatic nitrogens is 5. The van der Waals surface area contributed by atoms with Crippen LogP contribution in [0.1, 0.15) is 32.2 Å². The molecule has 4 rings (SSSR count). The third-order valence-corrected chi connectivity index (χ3v) is 6.38. The number of nitriles is 1. The number of aromatic amines is 1. The van der Waals surface area contributed by atoms with Gasteiger partial charge in [0, 0.05) is 12.1 Å². The fourth-order valence-corrected chi connectivity index (χ4v) is 4.38. The number of nitrogens with zero attached hydrogens (tertiary/aromatic N) is 5. The first-order valence-electron chi connectivity index (χ1n) is 10.9. The number of hydrogen-bond donors (Lipinski definition) is 2. The van der Waals surface area contributed by atoms with Crippen molar-refractivity contribution in [2.45, 2.75) is 37.9 Å². The minimum absolute atomic E-state index is 0.0660. The summed E-state index contributed by atoms with van der Waals surface area (Å²) in [5.41, 5.74) is 3.91. The Kier molecular flexibility index (Phi) is 6.57. The summed E-state index contributed by atoms with van der Waals surface area (Å²) in [4.78, 5) is 7.51. The highest BCUT2D eigenvalue weighted by Crippen LogP contribution is 2.29. The topological polar surface area (TPSA) is 103 Å². The number of aliphatic hydroxyl groups is 1. The number of rotatable bonds is 7. The average Bonchev–Trinajstić information content (AvgIpc) is 3.42. The molecule has 0 aliphatic rings. The summed E-state index contributed by atoms with van der Waals surface area (Å²) < 4.78 is 1.95. The smallest absolute Gasteiger partial charge is 0.192 e. The van der Waals surface area contributed by atoms with Crippen molar-refractivity contribution in [1.29, 1.82) is 5.26 Å². The lowest BCUT2D eigenvalue weighted by Gasteiger charge is -2.19. The van der Waals surface area contributed by atoms with Crippen LogP contribution in [0.2, 0.25) is 0 Å². The predicted octanol–water partition coefficient (Wildman–Crippen LogP) is 5.89. The van der Waals surface area contributed by atoms with Crippen molar-refractivity contribution in [1.82, 2.24) is 24.7 Å². The van der Waals surface area contributed by atoms with Crippen LogP contribution in [-0.2, 0) is 12.0 Å². The molecule has 0 unspecified atom stereocenters. The quantitative estimate of drug-likeness (QED) is 0.151. The second kappa shape index (κ2) is 9.57. The van der Waals surface area contributed by atoms with Crippen molar-refractivity contribution in [3.63, 3.8) is 0 Å². The minimum atomic E-state index is -0.0733. The maximum absolute atomic E-state index is 10.7. The lowest BCUT2D eigenvalue weighted by atomic mass is 9.87. The van der Waals surface area contributed by atoms with E-state index in [0.29, 0.717) is 17.5 Å². The molecule has 8 heteroatoms. The number of H-pyrrole nitrogens is 1. The molecule has 7 nitrogen and oxygen atoms in total. The summed E-state index contributed by atoms with van der Waals surface area (Å²) in [6.07, 6.45) is 1.78. The van der Waals surface area contributed by atoms with Crippen molar-refractivity contribution in [3.05, 3.63) is 78.3 Å². The normalized spacial score (nSPS) is 12.4. The standard InChI is InChI=1S/C26H26N6OS/c1-5-14-32-24(17-10-12-18(13-11-17)26(2,3)4)30-31-25(32)34-16-22(33)19(15-27)23-28-20-8-6-7-9-21(20)29-23/h5-13,33H,1,14,16H2,2-4H3,(H,28,29). The molecule has 2 aromatic heterocycles. The van der Waals surface area contributed by atoms with Gasteiger partial charge in [-0.15, -0.1) is 16.8 Å². The zero-order valence-corrected chi connectivity index (χ0v) is 20.2. The number of fused-ring (bicyclic) bond motifs is 1.